The van der Waals surface area contributed by atoms with Gasteiger partial charge in [0.05, 0.1) is 10.4 Å². The smallest absolute Gasteiger partial charge is 0.294 e. The van der Waals surface area contributed by atoms with Crippen LogP contribution in [0.1, 0.15) is 56.1 Å². The SMILES string of the molecule is CN(C(=O)C1CCCCC1)C1(c2ccccc2)CCNCC1.Cc1ccc(S(=O)(=O)O)cc1. The molecule has 0 aromatic heterocycles. The molecular weight excluding hydrogens is 436 g/mol. The van der Waals surface area contributed by atoms with Gasteiger partial charge in [-0.25, -0.2) is 0 Å². The molecular formula is C26H36N2O4S. The molecule has 0 unspecified atom stereocenters. The lowest BCUT2D eigenvalue weighted by molar-refractivity contribution is -0.143. The minimum atomic E-state index is -4.02. The molecule has 2 N–H and O–H groups in total. The van der Waals surface area contributed by atoms with Crippen molar-refractivity contribution in [1.82, 2.24) is 10.2 Å². The maximum absolute atomic E-state index is 13.1. The fraction of sp³-hybridized carbons (Fsp3) is 0.500. The molecule has 1 amide bonds. The third-order valence-electron chi connectivity index (χ3n) is 6.99. The van der Waals surface area contributed by atoms with E-state index in [2.05, 4.69) is 40.5 Å². The van der Waals surface area contributed by atoms with Crippen molar-refractivity contribution < 1.29 is 17.8 Å². The average molecular weight is 473 g/mol. The van der Waals surface area contributed by atoms with Crippen molar-refractivity contribution in [2.45, 2.75) is 62.3 Å². The van der Waals surface area contributed by atoms with E-state index in [0.717, 1.165) is 44.3 Å². The zero-order chi connectivity index (χ0) is 23.9. The molecule has 1 saturated heterocycles. The highest BCUT2D eigenvalue weighted by molar-refractivity contribution is 7.85. The Morgan fingerprint density at radius 3 is 2.09 bits per heavy atom. The summed E-state index contributed by atoms with van der Waals surface area (Å²) in [6.45, 7) is 3.81. The van der Waals surface area contributed by atoms with Gasteiger partial charge >= 0.3 is 0 Å². The first-order chi connectivity index (χ1) is 15.7. The first-order valence-electron chi connectivity index (χ1n) is 11.8. The lowest BCUT2D eigenvalue weighted by Gasteiger charge is -2.46. The van der Waals surface area contributed by atoms with Crippen LogP contribution in [0.25, 0.3) is 0 Å². The highest BCUT2D eigenvalue weighted by Crippen LogP contribution is 2.38. The predicted octanol–water partition coefficient (Wildman–Crippen LogP) is 4.55. The number of hydrogen-bond acceptors (Lipinski definition) is 4. The maximum atomic E-state index is 13.1. The molecule has 33 heavy (non-hydrogen) atoms. The molecule has 2 fully saturated rings. The van der Waals surface area contributed by atoms with Crippen molar-refractivity contribution in [3.05, 3.63) is 65.7 Å². The number of amides is 1. The van der Waals surface area contributed by atoms with Gasteiger partial charge in [-0.15, -0.1) is 0 Å². The second kappa shape index (κ2) is 11.3. The second-order valence-electron chi connectivity index (χ2n) is 9.17. The largest absolute Gasteiger partial charge is 0.336 e. The zero-order valence-electron chi connectivity index (χ0n) is 19.7. The molecule has 1 aliphatic carbocycles. The van der Waals surface area contributed by atoms with E-state index in [1.54, 1.807) is 12.1 Å². The first kappa shape index (κ1) is 25.4. The molecule has 180 valence electrons. The van der Waals surface area contributed by atoms with E-state index in [1.165, 1.54) is 37.0 Å². The predicted molar refractivity (Wildman–Crippen MR) is 131 cm³/mol. The molecule has 4 rings (SSSR count). The number of hydrogen-bond donors (Lipinski definition) is 2. The van der Waals surface area contributed by atoms with Crippen molar-refractivity contribution >= 4 is 16.0 Å². The van der Waals surface area contributed by atoms with Gasteiger partial charge in [-0.05, 0) is 63.4 Å². The van der Waals surface area contributed by atoms with E-state index in [1.807, 2.05) is 14.0 Å². The number of rotatable bonds is 4. The molecule has 0 radical (unpaired) electrons. The van der Waals surface area contributed by atoms with Crippen molar-refractivity contribution in [2.75, 3.05) is 20.1 Å². The fourth-order valence-electron chi connectivity index (χ4n) is 4.95. The summed E-state index contributed by atoms with van der Waals surface area (Å²) in [4.78, 5) is 15.1. The van der Waals surface area contributed by atoms with Crippen LogP contribution < -0.4 is 5.32 Å². The van der Waals surface area contributed by atoms with Crippen LogP contribution in [0.15, 0.2) is 59.5 Å². The monoisotopic (exact) mass is 472 g/mol. The molecule has 1 aliphatic heterocycles. The Labute approximate surface area is 198 Å². The molecule has 0 atom stereocenters. The van der Waals surface area contributed by atoms with Crippen LogP contribution in [-0.2, 0) is 20.5 Å². The highest BCUT2D eigenvalue weighted by Gasteiger charge is 2.41. The summed E-state index contributed by atoms with van der Waals surface area (Å²) in [5.74, 6) is 0.611. The normalized spacial score (nSPS) is 18.6. The Kier molecular flexibility index (Phi) is 8.68. The third-order valence-corrected chi connectivity index (χ3v) is 7.86. The van der Waals surface area contributed by atoms with Gasteiger partial charge in [-0.3, -0.25) is 9.35 Å². The van der Waals surface area contributed by atoms with E-state index >= 15 is 0 Å². The van der Waals surface area contributed by atoms with Crippen molar-refractivity contribution in [3.63, 3.8) is 0 Å². The molecule has 1 saturated carbocycles. The summed E-state index contributed by atoms with van der Waals surface area (Å²) in [6.07, 6.45) is 7.88. The number of carbonyl (C=O) groups excluding carboxylic acids is 1. The molecule has 2 aromatic rings. The van der Waals surface area contributed by atoms with Crippen molar-refractivity contribution in [2.24, 2.45) is 5.92 Å². The molecule has 0 bridgehead atoms. The minimum Gasteiger partial charge on any atom is -0.336 e. The topological polar surface area (TPSA) is 86.7 Å². The van der Waals surface area contributed by atoms with Gasteiger partial charge in [0.2, 0.25) is 5.91 Å². The molecule has 6 nitrogen and oxygen atoms in total. The average Bonchev–Trinajstić information content (AvgIpc) is 2.85. The summed E-state index contributed by atoms with van der Waals surface area (Å²) < 4.78 is 29.6. The van der Waals surface area contributed by atoms with Crippen LogP contribution in [0.3, 0.4) is 0 Å². The molecule has 0 spiro atoms. The van der Waals surface area contributed by atoms with Gasteiger partial charge in [0.1, 0.15) is 0 Å². The minimum absolute atomic E-state index is 0.0666. The van der Waals surface area contributed by atoms with Gasteiger partial charge in [0.25, 0.3) is 10.1 Å². The first-order valence-corrected chi connectivity index (χ1v) is 13.3. The van der Waals surface area contributed by atoms with E-state index in [4.69, 9.17) is 4.55 Å². The summed E-state index contributed by atoms with van der Waals surface area (Å²) >= 11 is 0. The number of nitrogens with one attached hydrogen (secondary N) is 1. The van der Waals surface area contributed by atoms with Gasteiger partial charge in [-0.1, -0.05) is 67.3 Å². The Morgan fingerprint density at radius 1 is 0.970 bits per heavy atom. The van der Waals surface area contributed by atoms with Gasteiger partial charge < -0.3 is 10.2 Å². The standard InChI is InChI=1S/C19H28N2O.C7H8O3S/c1-21(18(22)16-8-4-2-5-9-16)19(12-14-20-15-13-19)17-10-6-3-7-11-17;1-6-2-4-7(5-3-6)11(8,9)10/h3,6-7,10-11,16,20H,2,4-5,8-9,12-15H2,1H3;2-5H,1H3,(H,8,9,10). The summed E-state index contributed by atoms with van der Waals surface area (Å²) in [5.41, 5.74) is 2.13. The quantitative estimate of drug-likeness (QED) is 0.638. The molecule has 1 heterocycles. The number of piperidine rings is 1. The fourth-order valence-corrected chi connectivity index (χ4v) is 5.43. The lowest BCUT2D eigenvalue weighted by atomic mass is 9.78. The maximum Gasteiger partial charge on any atom is 0.294 e. The van der Waals surface area contributed by atoms with E-state index < -0.39 is 10.1 Å². The van der Waals surface area contributed by atoms with Crippen LogP contribution in [-0.4, -0.2) is 43.9 Å². The molecule has 2 aliphatic rings. The van der Waals surface area contributed by atoms with E-state index in [9.17, 15) is 13.2 Å². The van der Waals surface area contributed by atoms with Crippen LogP contribution in [0.4, 0.5) is 0 Å². The number of benzene rings is 2. The molecule has 7 heteroatoms. The number of aryl methyl sites for hydroxylation is 1. The Hall–Kier alpha value is -2.22. The summed E-state index contributed by atoms with van der Waals surface area (Å²) in [6, 6.07) is 16.6. The molecule has 2 aromatic carbocycles. The van der Waals surface area contributed by atoms with Gasteiger partial charge in [0, 0.05) is 13.0 Å². The summed E-state index contributed by atoms with van der Waals surface area (Å²) in [5, 5.41) is 3.44. The Morgan fingerprint density at radius 2 is 1.55 bits per heavy atom. The third kappa shape index (κ3) is 6.43. The van der Waals surface area contributed by atoms with Crippen molar-refractivity contribution in [1.29, 1.82) is 0 Å². The van der Waals surface area contributed by atoms with Crippen molar-refractivity contribution in [3.8, 4) is 0 Å². The summed E-state index contributed by atoms with van der Waals surface area (Å²) in [7, 11) is -1.98. The zero-order valence-corrected chi connectivity index (χ0v) is 20.5. The van der Waals surface area contributed by atoms with Crippen LogP contribution in [0.5, 0.6) is 0 Å². The van der Waals surface area contributed by atoms with E-state index in [-0.39, 0.29) is 16.4 Å². The van der Waals surface area contributed by atoms with E-state index in [0.29, 0.717) is 5.91 Å². The Bertz CT molecular complexity index is 994. The highest BCUT2D eigenvalue weighted by atomic mass is 32.2. The van der Waals surface area contributed by atoms with Gasteiger partial charge in [0.15, 0.2) is 0 Å². The lowest BCUT2D eigenvalue weighted by Crippen LogP contribution is -2.54. The van der Waals surface area contributed by atoms with Crippen LogP contribution >= 0.6 is 0 Å². The number of nitrogens with zero attached hydrogens (tertiary/aromatic N) is 1. The second-order valence-corrected chi connectivity index (χ2v) is 10.6. The number of carbonyl (C=O) groups is 1. The Balaban J connectivity index is 0.000000235. The van der Waals surface area contributed by atoms with Gasteiger partial charge in [-0.2, -0.15) is 8.42 Å². The van der Waals surface area contributed by atoms with Crippen LogP contribution in [0, 0.1) is 12.8 Å². The van der Waals surface area contributed by atoms with Crippen LogP contribution in [0.2, 0.25) is 0 Å².